The average molecular weight is 236 g/mol. The molecule has 16 heavy (non-hydrogen) atoms. The summed E-state index contributed by atoms with van der Waals surface area (Å²) >= 11 is 5.80. The summed E-state index contributed by atoms with van der Waals surface area (Å²) in [5.41, 5.74) is 1.11. The normalized spacial score (nSPS) is 10.1. The fourth-order valence-corrected chi connectivity index (χ4v) is 1.64. The summed E-state index contributed by atoms with van der Waals surface area (Å²) in [5, 5.41) is 13.1. The first-order chi connectivity index (χ1) is 7.61. The zero-order chi connectivity index (χ0) is 11.7. The van der Waals surface area contributed by atoms with Crippen molar-refractivity contribution >= 4 is 11.6 Å². The molecular formula is C11H7ClFN3. The van der Waals surface area contributed by atoms with Crippen LogP contribution in [0.5, 0.6) is 0 Å². The fourth-order valence-electron chi connectivity index (χ4n) is 1.47. The van der Waals surface area contributed by atoms with E-state index in [4.69, 9.17) is 16.9 Å². The van der Waals surface area contributed by atoms with Gasteiger partial charge in [-0.05, 0) is 18.2 Å². The Hall–Kier alpha value is -1.86. The zero-order valence-corrected chi connectivity index (χ0v) is 9.16. The quantitative estimate of drug-likeness (QED) is 0.763. The summed E-state index contributed by atoms with van der Waals surface area (Å²) in [5.74, 6) is -0.392. The van der Waals surface area contributed by atoms with Gasteiger partial charge in [-0.25, -0.2) is 4.39 Å². The number of halogens is 2. The molecule has 3 nitrogen and oxygen atoms in total. The Morgan fingerprint density at radius 2 is 2.19 bits per heavy atom. The number of nitrogens with zero attached hydrogens (tertiary/aromatic N) is 3. The van der Waals surface area contributed by atoms with Gasteiger partial charge in [-0.2, -0.15) is 10.4 Å². The minimum atomic E-state index is -0.392. The van der Waals surface area contributed by atoms with Crippen LogP contribution >= 0.6 is 11.6 Å². The average Bonchev–Trinajstić information content (AvgIpc) is 2.63. The van der Waals surface area contributed by atoms with Crippen LogP contribution in [-0.4, -0.2) is 9.78 Å². The Balaban J connectivity index is 2.63. The molecule has 80 valence electrons. The summed E-state index contributed by atoms with van der Waals surface area (Å²) in [6, 6.07) is 7.70. The van der Waals surface area contributed by atoms with E-state index >= 15 is 0 Å². The third-order valence-corrected chi connectivity index (χ3v) is 2.43. The molecule has 0 amide bonds. The Morgan fingerprint density at radius 3 is 2.81 bits per heavy atom. The highest BCUT2D eigenvalue weighted by Crippen LogP contribution is 2.26. The number of hydrogen-bond acceptors (Lipinski definition) is 2. The Bertz CT molecular complexity index is 583. The van der Waals surface area contributed by atoms with Crippen molar-refractivity contribution < 1.29 is 4.39 Å². The van der Waals surface area contributed by atoms with Crippen molar-refractivity contribution in [1.29, 1.82) is 5.26 Å². The van der Waals surface area contributed by atoms with Crippen LogP contribution in [0.1, 0.15) is 5.69 Å². The number of nitriles is 1. The van der Waals surface area contributed by atoms with Crippen LogP contribution in [0, 0.1) is 17.1 Å². The van der Waals surface area contributed by atoms with Crippen LogP contribution < -0.4 is 0 Å². The highest BCUT2D eigenvalue weighted by atomic mass is 35.5. The second-order valence-corrected chi connectivity index (χ2v) is 3.71. The van der Waals surface area contributed by atoms with Crippen LogP contribution in [0.3, 0.4) is 0 Å². The van der Waals surface area contributed by atoms with Crippen molar-refractivity contribution in [3.63, 3.8) is 0 Å². The lowest BCUT2D eigenvalue weighted by Gasteiger charge is -2.03. The summed E-state index contributed by atoms with van der Waals surface area (Å²) < 4.78 is 15.0. The van der Waals surface area contributed by atoms with Gasteiger partial charge in [0.1, 0.15) is 11.9 Å². The van der Waals surface area contributed by atoms with E-state index in [1.54, 1.807) is 7.05 Å². The van der Waals surface area contributed by atoms with E-state index in [1.165, 1.54) is 28.9 Å². The predicted octanol–water partition coefficient (Wildman–Crippen LogP) is 2.75. The smallest absolute Gasteiger partial charge is 0.163 e. The van der Waals surface area contributed by atoms with Crippen molar-refractivity contribution in [2.75, 3.05) is 0 Å². The molecule has 0 saturated heterocycles. The molecule has 0 atom stereocenters. The van der Waals surface area contributed by atoms with Gasteiger partial charge in [0, 0.05) is 23.7 Å². The maximum atomic E-state index is 13.6. The minimum absolute atomic E-state index is 0.247. The Labute approximate surface area is 96.7 Å². The molecule has 0 aliphatic heterocycles. The van der Waals surface area contributed by atoms with Crippen molar-refractivity contribution in [3.05, 3.63) is 40.8 Å². The molecule has 0 bridgehead atoms. The van der Waals surface area contributed by atoms with E-state index in [-0.39, 0.29) is 5.69 Å². The maximum absolute atomic E-state index is 13.6. The van der Waals surface area contributed by atoms with E-state index in [0.717, 1.165) is 0 Å². The van der Waals surface area contributed by atoms with Gasteiger partial charge < -0.3 is 0 Å². The van der Waals surface area contributed by atoms with Crippen molar-refractivity contribution in [1.82, 2.24) is 9.78 Å². The van der Waals surface area contributed by atoms with E-state index in [2.05, 4.69) is 5.10 Å². The third kappa shape index (κ3) is 1.77. The van der Waals surface area contributed by atoms with Gasteiger partial charge in [0.2, 0.25) is 0 Å². The Morgan fingerprint density at radius 1 is 1.44 bits per heavy atom. The number of benzene rings is 1. The second kappa shape index (κ2) is 3.95. The van der Waals surface area contributed by atoms with Gasteiger partial charge in [0.15, 0.2) is 5.69 Å². The SMILES string of the molecule is Cn1nc(C#N)cc1-c1cc(Cl)ccc1F. The summed E-state index contributed by atoms with van der Waals surface area (Å²) in [6.45, 7) is 0. The van der Waals surface area contributed by atoms with Crippen molar-refractivity contribution in [3.8, 4) is 17.3 Å². The first kappa shape index (κ1) is 10.7. The molecule has 0 aliphatic carbocycles. The number of aryl methyl sites for hydroxylation is 1. The zero-order valence-electron chi connectivity index (χ0n) is 8.41. The van der Waals surface area contributed by atoms with Gasteiger partial charge in [-0.3, -0.25) is 4.68 Å². The van der Waals surface area contributed by atoms with Crippen molar-refractivity contribution in [2.45, 2.75) is 0 Å². The lowest BCUT2D eigenvalue weighted by Crippen LogP contribution is -1.95. The predicted molar refractivity (Wildman–Crippen MR) is 58.3 cm³/mol. The fraction of sp³-hybridized carbons (Fsp3) is 0.0909. The van der Waals surface area contributed by atoms with Gasteiger partial charge in [0.25, 0.3) is 0 Å². The molecule has 0 unspecified atom stereocenters. The second-order valence-electron chi connectivity index (χ2n) is 3.27. The maximum Gasteiger partial charge on any atom is 0.163 e. The molecule has 1 aromatic carbocycles. The highest BCUT2D eigenvalue weighted by Gasteiger charge is 2.11. The molecule has 2 rings (SSSR count). The van der Waals surface area contributed by atoms with Crippen LogP contribution in [0.15, 0.2) is 24.3 Å². The third-order valence-electron chi connectivity index (χ3n) is 2.20. The molecular weight excluding hydrogens is 229 g/mol. The van der Waals surface area contributed by atoms with Gasteiger partial charge >= 0.3 is 0 Å². The molecule has 0 fully saturated rings. The standard InChI is InChI=1S/C11H7ClFN3/c1-16-11(5-8(6-14)15-16)9-4-7(12)2-3-10(9)13/h2-5H,1H3. The molecule has 0 aliphatic rings. The van der Waals surface area contributed by atoms with Crippen LogP contribution in [0.25, 0.3) is 11.3 Å². The number of hydrogen-bond donors (Lipinski definition) is 0. The molecule has 1 aromatic heterocycles. The van der Waals surface area contributed by atoms with Gasteiger partial charge in [-0.1, -0.05) is 11.6 Å². The Kier molecular flexibility index (Phi) is 2.63. The largest absolute Gasteiger partial charge is 0.267 e. The van der Waals surface area contributed by atoms with Crippen LogP contribution in [-0.2, 0) is 7.05 Å². The lowest BCUT2D eigenvalue weighted by atomic mass is 10.1. The van der Waals surface area contributed by atoms with E-state index < -0.39 is 5.82 Å². The topological polar surface area (TPSA) is 41.6 Å². The number of aromatic nitrogens is 2. The first-order valence-corrected chi connectivity index (χ1v) is 4.89. The van der Waals surface area contributed by atoms with Crippen molar-refractivity contribution in [2.24, 2.45) is 7.05 Å². The molecule has 1 heterocycles. The van der Waals surface area contributed by atoms with Crippen LogP contribution in [0.4, 0.5) is 4.39 Å². The highest BCUT2D eigenvalue weighted by molar-refractivity contribution is 6.30. The molecule has 5 heteroatoms. The molecule has 2 aromatic rings. The summed E-state index contributed by atoms with van der Waals surface area (Å²) in [4.78, 5) is 0. The molecule has 0 radical (unpaired) electrons. The molecule has 0 spiro atoms. The van der Waals surface area contributed by atoms with Gasteiger partial charge in [0.05, 0.1) is 5.69 Å². The first-order valence-electron chi connectivity index (χ1n) is 4.51. The van der Waals surface area contributed by atoms with Crippen LogP contribution in [0.2, 0.25) is 5.02 Å². The number of rotatable bonds is 1. The summed E-state index contributed by atoms with van der Waals surface area (Å²) in [7, 11) is 1.65. The minimum Gasteiger partial charge on any atom is -0.267 e. The van der Waals surface area contributed by atoms with E-state index in [1.807, 2.05) is 6.07 Å². The molecule has 0 saturated carbocycles. The monoisotopic (exact) mass is 235 g/mol. The lowest BCUT2D eigenvalue weighted by molar-refractivity contribution is 0.628. The van der Waals surface area contributed by atoms with E-state index in [0.29, 0.717) is 16.3 Å². The van der Waals surface area contributed by atoms with Gasteiger partial charge in [-0.15, -0.1) is 0 Å². The van der Waals surface area contributed by atoms with E-state index in [9.17, 15) is 4.39 Å². The summed E-state index contributed by atoms with van der Waals surface area (Å²) in [6.07, 6.45) is 0. The molecule has 0 N–H and O–H groups in total.